The summed E-state index contributed by atoms with van der Waals surface area (Å²) in [6.45, 7) is 6.92. The van der Waals surface area contributed by atoms with E-state index in [-0.39, 0.29) is 11.5 Å². The van der Waals surface area contributed by atoms with Gasteiger partial charge in [0, 0.05) is 6.42 Å². The second-order valence-corrected chi connectivity index (χ2v) is 9.44. The number of aliphatic hydroxyl groups is 1. The van der Waals surface area contributed by atoms with Crippen LogP contribution in [0, 0.1) is 34.5 Å². The molecule has 0 aromatic rings. The van der Waals surface area contributed by atoms with Gasteiger partial charge in [-0.1, -0.05) is 19.4 Å². The molecule has 0 aromatic heterocycles. The topological polar surface area (TPSA) is 37.3 Å². The van der Waals surface area contributed by atoms with Crippen LogP contribution >= 0.6 is 0 Å². The molecule has 2 heteroatoms. The fourth-order valence-corrected chi connectivity index (χ4v) is 7.39. The summed E-state index contributed by atoms with van der Waals surface area (Å²) in [5.74, 6) is 3.21. The van der Waals surface area contributed by atoms with Gasteiger partial charge in [0.2, 0.25) is 0 Å². The van der Waals surface area contributed by atoms with Gasteiger partial charge in [0.25, 0.3) is 0 Å². The molecule has 0 saturated heterocycles. The Morgan fingerprint density at radius 3 is 2.61 bits per heavy atom. The number of carbonyl (C=O) groups excluding carboxylic acids is 1. The lowest BCUT2D eigenvalue weighted by atomic mass is 9.46. The van der Waals surface area contributed by atoms with Crippen molar-refractivity contribution < 1.29 is 9.90 Å². The molecule has 0 radical (unpaired) electrons. The van der Waals surface area contributed by atoms with Crippen LogP contribution in [0.3, 0.4) is 0 Å². The van der Waals surface area contributed by atoms with E-state index in [1.54, 1.807) is 0 Å². The van der Waals surface area contributed by atoms with E-state index in [9.17, 15) is 9.90 Å². The van der Waals surface area contributed by atoms with Crippen molar-refractivity contribution in [1.29, 1.82) is 0 Å². The predicted octanol–water partition coefficient (Wildman–Crippen LogP) is 4.52. The van der Waals surface area contributed by atoms with Crippen LogP contribution in [0.25, 0.3) is 0 Å². The molecule has 4 aliphatic carbocycles. The Labute approximate surface area is 140 Å². The number of rotatable bonds is 1. The zero-order valence-corrected chi connectivity index (χ0v) is 15.0. The van der Waals surface area contributed by atoms with Crippen LogP contribution in [0.4, 0.5) is 0 Å². The van der Waals surface area contributed by atoms with E-state index < -0.39 is 0 Å². The summed E-state index contributed by atoms with van der Waals surface area (Å²) in [6.07, 6.45) is 11.1. The Kier molecular flexibility index (Phi) is 3.58. The van der Waals surface area contributed by atoms with Crippen molar-refractivity contribution >= 4 is 5.78 Å². The minimum Gasteiger partial charge on any atom is -0.393 e. The van der Waals surface area contributed by atoms with Crippen LogP contribution in [0.15, 0.2) is 11.6 Å². The standard InChI is InChI=1S/C21H32O2/c1-13(22)17-6-7-18-16-5-4-14-12-15(23)8-10-20(14,2)19(16)9-11-21(17,18)3/h12-13,16-19,22H,4-11H2,1-3H3/t13-,16?,17?,18?,19?,20?,21?/m0/s1. The van der Waals surface area contributed by atoms with E-state index in [2.05, 4.69) is 13.8 Å². The van der Waals surface area contributed by atoms with Crippen LogP contribution in [0.5, 0.6) is 0 Å². The van der Waals surface area contributed by atoms with Crippen molar-refractivity contribution in [2.45, 2.75) is 78.2 Å². The van der Waals surface area contributed by atoms with Crippen LogP contribution < -0.4 is 0 Å². The zero-order valence-electron chi connectivity index (χ0n) is 15.0. The van der Waals surface area contributed by atoms with Gasteiger partial charge in [0.05, 0.1) is 6.10 Å². The third-order valence-corrected chi connectivity index (χ3v) is 8.62. The number of hydrogen-bond donors (Lipinski definition) is 1. The summed E-state index contributed by atoms with van der Waals surface area (Å²) in [4.78, 5) is 11.9. The van der Waals surface area contributed by atoms with Crippen molar-refractivity contribution in [3.63, 3.8) is 0 Å². The van der Waals surface area contributed by atoms with E-state index in [4.69, 9.17) is 0 Å². The quantitative estimate of drug-likeness (QED) is 0.772. The summed E-state index contributed by atoms with van der Waals surface area (Å²) >= 11 is 0. The molecule has 0 amide bonds. The lowest BCUT2D eigenvalue weighted by molar-refractivity contribution is -0.117. The third kappa shape index (κ3) is 2.13. The van der Waals surface area contributed by atoms with Gasteiger partial charge in [-0.2, -0.15) is 0 Å². The summed E-state index contributed by atoms with van der Waals surface area (Å²) in [5, 5.41) is 10.3. The fourth-order valence-electron chi connectivity index (χ4n) is 7.39. The molecule has 2 nitrogen and oxygen atoms in total. The van der Waals surface area contributed by atoms with E-state index in [0.29, 0.717) is 17.1 Å². The van der Waals surface area contributed by atoms with Crippen molar-refractivity contribution in [2.75, 3.05) is 0 Å². The summed E-state index contributed by atoms with van der Waals surface area (Å²) < 4.78 is 0. The van der Waals surface area contributed by atoms with Crippen LogP contribution in [0.1, 0.15) is 72.1 Å². The molecule has 0 bridgehead atoms. The first kappa shape index (κ1) is 15.9. The number of allylic oxidation sites excluding steroid dienone is 1. The van der Waals surface area contributed by atoms with Crippen LogP contribution in [0.2, 0.25) is 0 Å². The summed E-state index contributed by atoms with van der Waals surface area (Å²) in [6, 6.07) is 0. The first-order valence-corrected chi connectivity index (χ1v) is 9.78. The first-order chi connectivity index (χ1) is 10.9. The van der Waals surface area contributed by atoms with Gasteiger partial charge >= 0.3 is 0 Å². The predicted molar refractivity (Wildman–Crippen MR) is 91.9 cm³/mol. The molecule has 6 unspecified atom stereocenters. The van der Waals surface area contributed by atoms with E-state index >= 15 is 0 Å². The highest BCUT2D eigenvalue weighted by molar-refractivity contribution is 5.91. The molecule has 4 rings (SSSR count). The second-order valence-electron chi connectivity index (χ2n) is 9.44. The molecular weight excluding hydrogens is 284 g/mol. The van der Waals surface area contributed by atoms with Gasteiger partial charge in [-0.15, -0.1) is 0 Å². The normalized spacial score (nSPS) is 50.6. The maximum absolute atomic E-state index is 11.9. The number of carbonyl (C=O) groups is 1. The minimum atomic E-state index is -0.163. The molecule has 128 valence electrons. The Morgan fingerprint density at radius 1 is 1.09 bits per heavy atom. The number of fused-ring (bicyclic) bond motifs is 5. The highest BCUT2D eigenvalue weighted by Crippen LogP contribution is 2.66. The summed E-state index contributed by atoms with van der Waals surface area (Å²) in [7, 11) is 0. The Hall–Kier alpha value is -0.630. The van der Waals surface area contributed by atoms with Crippen molar-refractivity contribution in [3.8, 4) is 0 Å². The van der Waals surface area contributed by atoms with Gasteiger partial charge in [-0.3, -0.25) is 4.79 Å². The van der Waals surface area contributed by atoms with Crippen LogP contribution in [-0.2, 0) is 4.79 Å². The molecule has 1 N–H and O–H groups in total. The molecule has 0 spiro atoms. The number of aliphatic hydroxyl groups excluding tert-OH is 1. The zero-order chi connectivity index (χ0) is 16.4. The first-order valence-electron chi connectivity index (χ1n) is 9.78. The van der Waals surface area contributed by atoms with E-state index in [0.717, 1.165) is 37.0 Å². The highest BCUT2D eigenvalue weighted by atomic mass is 16.3. The Bertz CT molecular complexity index is 548. The second kappa shape index (κ2) is 5.18. The molecule has 0 aliphatic heterocycles. The average Bonchev–Trinajstić information content (AvgIpc) is 2.85. The lowest BCUT2D eigenvalue weighted by Gasteiger charge is -2.58. The highest BCUT2D eigenvalue weighted by Gasteiger charge is 2.59. The van der Waals surface area contributed by atoms with Gasteiger partial charge in [0.15, 0.2) is 5.78 Å². The number of ketones is 1. The van der Waals surface area contributed by atoms with E-state index in [1.165, 1.54) is 37.7 Å². The molecule has 0 aromatic carbocycles. The van der Waals surface area contributed by atoms with Crippen molar-refractivity contribution in [3.05, 3.63) is 11.6 Å². The van der Waals surface area contributed by atoms with Gasteiger partial charge < -0.3 is 5.11 Å². The molecule has 4 aliphatic rings. The number of hydrogen-bond acceptors (Lipinski definition) is 2. The monoisotopic (exact) mass is 316 g/mol. The average molecular weight is 316 g/mol. The maximum Gasteiger partial charge on any atom is 0.155 e. The van der Waals surface area contributed by atoms with Crippen molar-refractivity contribution in [2.24, 2.45) is 34.5 Å². The van der Waals surface area contributed by atoms with Gasteiger partial charge in [0.1, 0.15) is 0 Å². The Balaban J connectivity index is 1.66. The largest absolute Gasteiger partial charge is 0.393 e. The third-order valence-electron chi connectivity index (χ3n) is 8.62. The maximum atomic E-state index is 11.9. The fraction of sp³-hybridized carbons (Fsp3) is 0.857. The van der Waals surface area contributed by atoms with Crippen LogP contribution in [-0.4, -0.2) is 17.0 Å². The van der Waals surface area contributed by atoms with Crippen molar-refractivity contribution in [1.82, 2.24) is 0 Å². The molecule has 7 atom stereocenters. The molecule has 3 saturated carbocycles. The Morgan fingerprint density at radius 2 is 1.87 bits per heavy atom. The molecular formula is C21H32O2. The lowest BCUT2D eigenvalue weighted by Crippen LogP contribution is -2.51. The molecule has 0 heterocycles. The van der Waals surface area contributed by atoms with Gasteiger partial charge in [-0.25, -0.2) is 0 Å². The summed E-state index contributed by atoms with van der Waals surface area (Å²) in [5.41, 5.74) is 2.09. The molecule has 3 fully saturated rings. The van der Waals surface area contributed by atoms with E-state index in [1.807, 2.05) is 13.0 Å². The molecule has 23 heavy (non-hydrogen) atoms. The minimum absolute atomic E-state index is 0.163. The smallest absolute Gasteiger partial charge is 0.155 e. The van der Waals surface area contributed by atoms with Gasteiger partial charge in [-0.05, 0) is 92.4 Å². The SMILES string of the molecule is C[C@H](O)C1CCC2C3CCC4=CC(=O)CCC4(C)C3CCC21C.